The minimum absolute atomic E-state index is 0.140. The molecule has 1 aliphatic heterocycles. The molecule has 0 aromatic carbocycles. The number of hydrogen-bond acceptors (Lipinski definition) is 7. The Balaban J connectivity index is 0.000000516. The molecule has 0 bridgehead atoms. The number of halogens is 3. The average Bonchev–Trinajstić information content (AvgIpc) is 3.09. The Kier molecular flexibility index (Phi) is 9.89. The molecule has 1 fully saturated rings. The molecule has 2 rings (SSSR count). The van der Waals surface area contributed by atoms with E-state index in [9.17, 15) is 22.8 Å². The molecule has 0 saturated carbocycles. The Bertz CT molecular complexity index is 749. The Morgan fingerprint density at radius 1 is 1.45 bits per heavy atom. The molecule has 1 aliphatic rings. The van der Waals surface area contributed by atoms with Crippen molar-refractivity contribution in [3.05, 3.63) is 29.6 Å². The summed E-state index contributed by atoms with van der Waals surface area (Å²) in [5, 5.41) is 15.0. The molecular formula is C17H22F3N3O5S. The molecule has 2 heterocycles. The van der Waals surface area contributed by atoms with Crippen molar-refractivity contribution in [1.82, 2.24) is 15.1 Å². The number of aromatic nitrogens is 2. The molecule has 1 aromatic rings. The van der Waals surface area contributed by atoms with Crippen LogP contribution in [-0.4, -0.2) is 63.1 Å². The van der Waals surface area contributed by atoms with Gasteiger partial charge >= 0.3 is 18.1 Å². The number of nitrogens with zero attached hydrogens (tertiary/aromatic N) is 2. The number of thioether (sulfide) groups is 1. The maximum absolute atomic E-state index is 11.6. The number of carboxylic acid groups (broad SMARTS) is 1. The van der Waals surface area contributed by atoms with Gasteiger partial charge < -0.3 is 15.2 Å². The number of alkyl halides is 3. The Morgan fingerprint density at radius 3 is 2.66 bits per heavy atom. The normalized spacial score (nSPS) is 18.0. The van der Waals surface area contributed by atoms with Gasteiger partial charge in [0.2, 0.25) is 0 Å². The minimum Gasteiger partial charge on any atom is -0.475 e. The van der Waals surface area contributed by atoms with Gasteiger partial charge in [-0.05, 0) is 25.5 Å². The average molecular weight is 437 g/mol. The summed E-state index contributed by atoms with van der Waals surface area (Å²) in [4.78, 5) is 31.8. The van der Waals surface area contributed by atoms with Crippen molar-refractivity contribution < 1.29 is 37.4 Å². The van der Waals surface area contributed by atoms with E-state index < -0.39 is 12.1 Å². The molecule has 162 valence electrons. The van der Waals surface area contributed by atoms with Gasteiger partial charge in [0.15, 0.2) is 5.12 Å². The summed E-state index contributed by atoms with van der Waals surface area (Å²) >= 11 is 1.38. The molecular weight excluding hydrogens is 415 g/mol. The highest BCUT2D eigenvalue weighted by molar-refractivity contribution is 8.14. The molecule has 1 saturated heterocycles. The monoisotopic (exact) mass is 437 g/mol. The van der Waals surface area contributed by atoms with Crippen LogP contribution in [0.1, 0.15) is 30.6 Å². The van der Waals surface area contributed by atoms with Crippen LogP contribution >= 0.6 is 11.8 Å². The lowest BCUT2D eigenvalue weighted by Crippen LogP contribution is -2.32. The summed E-state index contributed by atoms with van der Waals surface area (Å²) in [6, 6.07) is 0. The fourth-order valence-electron chi connectivity index (χ4n) is 2.30. The largest absolute Gasteiger partial charge is 0.490 e. The molecule has 1 aromatic heterocycles. The van der Waals surface area contributed by atoms with Crippen LogP contribution in [0, 0.1) is 0 Å². The minimum atomic E-state index is -5.08. The third kappa shape index (κ3) is 9.13. The van der Waals surface area contributed by atoms with Gasteiger partial charge in [-0.3, -0.25) is 9.48 Å². The first-order valence-corrected chi connectivity index (χ1v) is 9.49. The Labute approximate surface area is 169 Å². The lowest BCUT2D eigenvalue weighted by Gasteiger charge is -2.25. The predicted molar refractivity (Wildman–Crippen MR) is 99.5 cm³/mol. The van der Waals surface area contributed by atoms with Crippen molar-refractivity contribution in [2.24, 2.45) is 0 Å². The van der Waals surface area contributed by atoms with E-state index in [4.69, 9.17) is 14.6 Å². The van der Waals surface area contributed by atoms with E-state index in [0.29, 0.717) is 18.7 Å². The lowest BCUT2D eigenvalue weighted by atomic mass is 10.1. The van der Waals surface area contributed by atoms with E-state index in [0.717, 1.165) is 19.5 Å². The van der Waals surface area contributed by atoms with Crippen LogP contribution in [0.4, 0.5) is 13.2 Å². The molecule has 2 N–H and O–H groups in total. The second kappa shape index (κ2) is 11.6. The first kappa shape index (κ1) is 24.7. The summed E-state index contributed by atoms with van der Waals surface area (Å²) < 4.78 is 38.4. The van der Waals surface area contributed by atoms with Gasteiger partial charge in [0.1, 0.15) is 0 Å². The van der Waals surface area contributed by atoms with Crippen molar-refractivity contribution in [3.8, 4) is 0 Å². The molecule has 0 radical (unpaired) electrons. The zero-order valence-electron chi connectivity index (χ0n) is 15.9. The topological polar surface area (TPSA) is 111 Å². The number of piperidine rings is 1. The van der Waals surface area contributed by atoms with Gasteiger partial charge in [0.25, 0.3) is 0 Å². The maximum atomic E-state index is 11.6. The van der Waals surface area contributed by atoms with Crippen LogP contribution in [0.25, 0.3) is 0 Å². The van der Waals surface area contributed by atoms with E-state index in [1.165, 1.54) is 23.5 Å². The number of carboxylic acids is 1. The third-order valence-electron chi connectivity index (χ3n) is 3.56. The predicted octanol–water partition coefficient (Wildman–Crippen LogP) is 2.26. The van der Waals surface area contributed by atoms with E-state index in [-0.39, 0.29) is 16.3 Å². The fraction of sp³-hybridized carbons (Fsp3) is 0.529. The number of allylic oxidation sites excluding steroid dienone is 1. The number of hydrogen-bond donors (Lipinski definition) is 2. The van der Waals surface area contributed by atoms with Crippen molar-refractivity contribution in [2.75, 3.05) is 19.7 Å². The van der Waals surface area contributed by atoms with Crippen LogP contribution in [-0.2, 0) is 20.9 Å². The standard InChI is InChI=1S/C15H21N3O3S.C2HF3O2/c1-3-21-15(20)13-9-17-18(10-13)7-5-12-8-16-6-4-14(12)22-11(2)19;3-2(4,5)1(6)7/h5,9-10,14,16H,3-4,6-8H2,1-2H3;(H,6,7). The molecule has 0 spiro atoms. The quantitative estimate of drug-likeness (QED) is 0.533. The molecule has 29 heavy (non-hydrogen) atoms. The summed E-state index contributed by atoms with van der Waals surface area (Å²) in [6.45, 7) is 6.02. The highest BCUT2D eigenvalue weighted by Crippen LogP contribution is 2.25. The van der Waals surface area contributed by atoms with Gasteiger partial charge in [0, 0.05) is 24.9 Å². The molecule has 1 unspecified atom stereocenters. The molecule has 0 aliphatic carbocycles. The van der Waals surface area contributed by atoms with Crippen LogP contribution < -0.4 is 5.32 Å². The van der Waals surface area contributed by atoms with Gasteiger partial charge in [-0.1, -0.05) is 17.8 Å². The van der Waals surface area contributed by atoms with Crippen LogP contribution in [0.15, 0.2) is 24.0 Å². The SMILES string of the molecule is CCOC(=O)c1cnn(CC=C2CNCCC2SC(C)=O)c1.O=C(O)C(F)(F)F. The summed E-state index contributed by atoms with van der Waals surface area (Å²) in [5.74, 6) is -3.11. The van der Waals surface area contributed by atoms with Gasteiger partial charge in [-0.2, -0.15) is 18.3 Å². The fourth-order valence-corrected chi connectivity index (χ4v) is 3.27. The molecule has 0 amide bonds. The third-order valence-corrected chi connectivity index (χ3v) is 4.72. The first-order chi connectivity index (χ1) is 13.5. The van der Waals surface area contributed by atoms with Crippen LogP contribution in [0.5, 0.6) is 0 Å². The van der Waals surface area contributed by atoms with Crippen molar-refractivity contribution in [1.29, 1.82) is 0 Å². The number of carbonyl (C=O) groups is 3. The first-order valence-electron chi connectivity index (χ1n) is 8.61. The zero-order chi connectivity index (χ0) is 22.0. The van der Waals surface area contributed by atoms with E-state index in [2.05, 4.69) is 16.5 Å². The number of rotatable bonds is 5. The summed E-state index contributed by atoms with van der Waals surface area (Å²) in [6.07, 6.45) is 1.13. The van der Waals surface area contributed by atoms with Crippen molar-refractivity contribution in [2.45, 2.75) is 38.2 Å². The van der Waals surface area contributed by atoms with Gasteiger partial charge in [0.05, 0.1) is 24.9 Å². The highest BCUT2D eigenvalue weighted by Gasteiger charge is 2.38. The lowest BCUT2D eigenvalue weighted by molar-refractivity contribution is -0.192. The van der Waals surface area contributed by atoms with Crippen molar-refractivity contribution >= 4 is 28.8 Å². The van der Waals surface area contributed by atoms with E-state index in [1.807, 2.05) is 0 Å². The summed E-state index contributed by atoms with van der Waals surface area (Å²) in [5.41, 5.74) is 1.66. The number of carbonyl (C=O) groups excluding carboxylic acids is 2. The Hall–Kier alpha value is -2.34. The molecule has 12 heteroatoms. The van der Waals surface area contributed by atoms with Crippen LogP contribution in [0.2, 0.25) is 0 Å². The zero-order valence-corrected chi connectivity index (χ0v) is 16.7. The second-order valence-electron chi connectivity index (χ2n) is 5.82. The van der Waals surface area contributed by atoms with Crippen LogP contribution in [0.3, 0.4) is 0 Å². The van der Waals surface area contributed by atoms with Gasteiger partial charge in [-0.25, -0.2) is 9.59 Å². The van der Waals surface area contributed by atoms with E-state index in [1.54, 1.807) is 24.7 Å². The second-order valence-corrected chi connectivity index (χ2v) is 7.20. The number of nitrogens with one attached hydrogen (secondary N) is 1. The number of aliphatic carboxylic acids is 1. The number of ether oxygens (including phenoxy) is 1. The molecule has 8 nitrogen and oxygen atoms in total. The summed E-state index contributed by atoms with van der Waals surface area (Å²) in [7, 11) is 0. The maximum Gasteiger partial charge on any atom is 0.490 e. The Morgan fingerprint density at radius 2 is 2.10 bits per heavy atom. The smallest absolute Gasteiger partial charge is 0.475 e. The van der Waals surface area contributed by atoms with Crippen molar-refractivity contribution in [3.63, 3.8) is 0 Å². The van der Waals surface area contributed by atoms with E-state index >= 15 is 0 Å². The number of esters is 1. The highest BCUT2D eigenvalue weighted by atomic mass is 32.2. The van der Waals surface area contributed by atoms with Gasteiger partial charge in [-0.15, -0.1) is 0 Å². The molecule has 1 atom stereocenters.